The summed E-state index contributed by atoms with van der Waals surface area (Å²) < 4.78 is 5.81. The molecular formula is C35H46ClN5O4. The van der Waals surface area contributed by atoms with Gasteiger partial charge in [-0.1, -0.05) is 70.5 Å². The molecule has 5 rings (SSSR count). The van der Waals surface area contributed by atoms with Crippen LogP contribution in [0.3, 0.4) is 0 Å². The zero-order valence-corrected chi connectivity index (χ0v) is 27.9. The summed E-state index contributed by atoms with van der Waals surface area (Å²) in [5.74, 6) is 0.0389. The third kappa shape index (κ3) is 6.61. The molecule has 0 spiro atoms. The molecule has 4 atom stereocenters. The van der Waals surface area contributed by atoms with Crippen LogP contribution in [0.15, 0.2) is 42.5 Å². The van der Waals surface area contributed by atoms with Crippen molar-refractivity contribution in [2.24, 2.45) is 10.8 Å². The smallest absolute Gasteiger partial charge is 0.243 e. The maximum Gasteiger partial charge on any atom is 0.243 e. The van der Waals surface area contributed by atoms with Crippen molar-refractivity contribution in [3.05, 3.63) is 64.4 Å². The SMILES string of the molecule is CCNC(=O)[C@H](NC(=O)C1(c2ccc3nc([C@@H](NC(=O)CC)[C@H](c4ccccc4Cl)C4(C)CC4)[nH]c3c2)CCOC1)C(C)(C)C. The quantitative estimate of drug-likeness (QED) is 0.215. The summed E-state index contributed by atoms with van der Waals surface area (Å²) in [5, 5.41) is 9.85. The van der Waals surface area contributed by atoms with Gasteiger partial charge in [-0.25, -0.2) is 4.98 Å². The van der Waals surface area contributed by atoms with Crippen molar-refractivity contribution >= 4 is 40.4 Å². The summed E-state index contributed by atoms with van der Waals surface area (Å²) in [4.78, 5) is 48.4. The van der Waals surface area contributed by atoms with Crippen molar-refractivity contribution in [3.8, 4) is 0 Å². The van der Waals surface area contributed by atoms with Crippen molar-refractivity contribution in [1.29, 1.82) is 0 Å². The molecule has 45 heavy (non-hydrogen) atoms. The van der Waals surface area contributed by atoms with E-state index >= 15 is 0 Å². The van der Waals surface area contributed by atoms with Gasteiger partial charge in [0.05, 0.1) is 29.1 Å². The van der Waals surface area contributed by atoms with E-state index in [1.807, 2.05) is 77.1 Å². The highest BCUT2D eigenvalue weighted by atomic mass is 35.5. The number of H-pyrrole nitrogens is 1. The fourth-order valence-corrected chi connectivity index (χ4v) is 6.83. The molecule has 1 aliphatic heterocycles. The molecule has 1 saturated carbocycles. The van der Waals surface area contributed by atoms with Crippen LogP contribution < -0.4 is 16.0 Å². The maximum absolute atomic E-state index is 14.1. The van der Waals surface area contributed by atoms with Crippen LogP contribution in [0.4, 0.5) is 0 Å². The van der Waals surface area contributed by atoms with Crippen LogP contribution in [-0.4, -0.2) is 53.5 Å². The number of carbonyl (C=O) groups excluding carboxylic acids is 3. The Labute approximate surface area is 270 Å². The highest BCUT2D eigenvalue weighted by molar-refractivity contribution is 6.31. The van der Waals surface area contributed by atoms with Gasteiger partial charge in [-0.2, -0.15) is 0 Å². The number of hydrogen-bond acceptors (Lipinski definition) is 5. The molecule has 1 aromatic heterocycles. The van der Waals surface area contributed by atoms with E-state index in [4.69, 9.17) is 21.3 Å². The number of imidazole rings is 1. The van der Waals surface area contributed by atoms with Crippen LogP contribution in [0.1, 0.15) is 96.1 Å². The first-order chi connectivity index (χ1) is 21.3. The molecule has 2 aromatic carbocycles. The predicted molar refractivity (Wildman–Crippen MR) is 176 cm³/mol. The van der Waals surface area contributed by atoms with Gasteiger partial charge in [0.1, 0.15) is 11.9 Å². The van der Waals surface area contributed by atoms with Gasteiger partial charge in [-0.05, 0) is 66.3 Å². The molecule has 2 fully saturated rings. The Morgan fingerprint density at radius 2 is 1.80 bits per heavy atom. The normalized spacial score (nSPS) is 21.1. The minimum absolute atomic E-state index is 0.0438. The van der Waals surface area contributed by atoms with E-state index in [1.54, 1.807) is 0 Å². The predicted octanol–water partition coefficient (Wildman–Crippen LogP) is 5.69. The second-order valence-corrected chi connectivity index (χ2v) is 14.4. The largest absolute Gasteiger partial charge is 0.380 e. The van der Waals surface area contributed by atoms with Crippen LogP contribution in [0, 0.1) is 10.8 Å². The van der Waals surface area contributed by atoms with Gasteiger partial charge < -0.3 is 25.7 Å². The highest BCUT2D eigenvalue weighted by Gasteiger charge is 2.51. The second-order valence-electron chi connectivity index (χ2n) is 14.0. The average Bonchev–Trinajstić information content (AvgIpc) is 3.37. The number of rotatable bonds is 11. The molecule has 2 heterocycles. The topological polar surface area (TPSA) is 125 Å². The molecule has 1 aliphatic carbocycles. The number of halogens is 1. The van der Waals surface area contributed by atoms with Gasteiger partial charge in [0.25, 0.3) is 0 Å². The van der Waals surface area contributed by atoms with Crippen molar-refractivity contribution < 1.29 is 19.1 Å². The Morgan fingerprint density at radius 3 is 2.40 bits per heavy atom. The van der Waals surface area contributed by atoms with Crippen molar-refractivity contribution in [3.63, 3.8) is 0 Å². The van der Waals surface area contributed by atoms with Crippen LogP contribution in [0.5, 0.6) is 0 Å². The molecule has 3 amide bonds. The minimum atomic E-state index is -0.965. The number of ether oxygens (including phenoxy) is 1. The van der Waals surface area contributed by atoms with Gasteiger partial charge >= 0.3 is 0 Å². The van der Waals surface area contributed by atoms with Crippen LogP contribution in [0.2, 0.25) is 5.02 Å². The van der Waals surface area contributed by atoms with E-state index < -0.39 is 22.9 Å². The number of aromatic nitrogens is 2. The summed E-state index contributed by atoms with van der Waals surface area (Å²) in [5.41, 5.74) is 1.76. The number of amides is 3. The molecule has 1 unspecified atom stereocenters. The number of nitrogens with one attached hydrogen (secondary N) is 4. The number of fused-ring (bicyclic) bond motifs is 1. The Balaban J connectivity index is 1.54. The lowest BCUT2D eigenvalue weighted by Crippen LogP contribution is -2.58. The summed E-state index contributed by atoms with van der Waals surface area (Å²) >= 11 is 6.75. The lowest BCUT2D eigenvalue weighted by atomic mass is 9.77. The summed E-state index contributed by atoms with van der Waals surface area (Å²) in [6.45, 7) is 12.9. The van der Waals surface area contributed by atoms with Gasteiger partial charge in [-0.15, -0.1) is 0 Å². The van der Waals surface area contributed by atoms with Gasteiger partial charge in [0.15, 0.2) is 0 Å². The molecule has 3 aromatic rings. The summed E-state index contributed by atoms with van der Waals surface area (Å²) in [6.07, 6.45) is 2.88. The minimum Gasteiger partial charge on any atom is -0.380 e. The molecule has 0 radical (unpaired) electrons. The number of likely N-dealkylation sites (N-methyl/N-ethyl adjacent to an activating group) is 1. The first kappa shape index (κ1) is 32.9. The van der Waals surface area contributed by atoms with Gasteiger partial charge in [0.2, 0.25) is 17.7 Å². The first-order valence-corrected chi connectivity index (χ1v) is 16.4. The third-order valence-corrected chi connectivity index (χ3v) is 9.90. The van der Waals surface area contributed by atoms with Crippen molar-refractivity contribution in [2.45, 2.75) is 90.6 Å². The lowest BCUT2D eigenvalue weighted by molar-refractivity contribution is -0.134. The standard InChI is InChI=1S/C35H46ClN5O4/c1-7-26(42)40-28(27(34(6)15-16-34)22-11-9-10-12-23(22)36)30-38-24-14-13-21(19-25(24)39-30)35(17-18-45-20-35)32(44)41-29(33(3,4)5)31(43)37-8-2/h9-14,19,27-29H,7-8,15-18,20H2,1-6H3,(H,37,43)(H,38,39)(H,40,42)(H,41,44)/t27-,28-,29-,35?/m0/s1. The monoisotopic (exact) mass is 635 g/mol. The zero-order chi connectivity index (χ0) is 32.6. The Hall–Kier alpha value is -3.43. The van der Waals surface area contributed by atoms with E-state index in [9.17, 15) is 14.4 Å². The van der Waals surface area contributed by atoms with Gasteiger partial charge in [-0.3, -0.25) is 14.4 Å². The maximum atomic E-state index is 14.1. The number of carbonyl (C=O) groups is 3. The fourth-order valence-electron chi connectivity index (χ4n) is 6.58. The fraction of sp³-hybridized carbons (Fsp3) is 0.543. The molecular weight excluding hydrogens is 590 g/mol. The van der Waals surface area contributed by atoms with Crippen molar-refractivity contribution in [1.82, 2.24) is 25.9 Å². The van der Waals surface area contributed by atoms with Gasteiger partial charge in [0, 0.05) is 30.5 Å². The lowest BCUT2D eigenvalue weighted by Gasteiger charge is -2.34. The number of benzene rings is 2. The zero-order valence-electron chi connectivity index (χ0n) is 27.2. The first-order valence-electron chi connectivity index (χ1n) is 16.0. The molecule has 9 nitrogen and oxygen atoms in total. The Kier molecular flexibility index (Phi) is 9.34. The molecule has 2 aliphatic rings. The Bertz CT molecular complexity index is 1570. The molecule has 0 bridgehead atoms. The van der Waals surface area contributed by atoms with E-state index in [2.05, 4.69) is 27.9 Å². The summed E-state index contributed by atoms with van der Waals surface area (Å²) in [7, 11) is 0. The third-order valence-electron chi connectivity index (χ3n) is 9.56. The van der Waals surface area contributed by atoms with E-state index in [0.29, 0.717) is 36.8 Å². The molecule has 1 saturated heterocycles. The number of nitrogens with zero attached hydrogens (tertiary/aromatic N) is 1. The molecule has 4 N–H and O–H groups in total. The average molecular weight is 636 g/mol. The number of aromatic amines is 1. The van der Waals surface area contributed by atoms with E-state index in [-0.39, 0.29) is 35.7 Å². The highest BCUT2D eigenvalue weighted by Crippen LogP contribution is 2.60. The van der Waals surface area contributed by atoms with E-state index in [0.717, 1.165) is 35.0 Å². The van der Waals surface area contributed by atoms with Crippen LogP contribution in [-0.2, 0) is 24.5 Å². The molecule has 10 heteroatoms. The van der Waals surface area contributed by atoms with Crippen LogP contribution in [0.25, 0.3) is 11.0 Å². The Morgan fingerprint density at radius 1 is 1.07 bits per heavy atom. The number of hydrogen-bond donors (Lipinski definition) is 4. The summed E-state index contributed by atoms with van der Waals surface area (Å²) in [6, 6.07) is 12.5. The second kappa shape index (κ2) is 12.8. The van der Waals surface area contributed by atoms with E-state index in [1.165, 1.54) is 0 Å². The molecule has 242 valence electrons. The van der Waals surface area contributed by atoms with Crippen LogP contribution >= 0.6 is 11.6 Å². The van der Waals surface area contributed by atoms with Crippen molar-refractivity contribution in [2.75, 3.05) is 19.8 Å².